The largest absolute Gasteiger partial charge is 0.744 e. The number of amides is 2. The Balaban J connectivity index is 1.36. The molecule has 0 bridgehead atoms. The fourth-order valence-corrected chi connectivity index (χ4v) is 13.9. The van der Waals surface area contributed by atoms with Gasteiger partial charge in [0.1, 0.15) is 27.3 Å². The van der Waals surface area contributed by atoms with Crippen molar-refractivity contribution in [3.05, 3.63) is 126 Å². The van der Waals surface area contributed by atoms with E-state index in [9.17, 15) is 79.2 Å². The summed E-state index contributed by atoms with van der Waals surface area (Å²) in [5.74, 6) is -3.70. The van der Waals surface area contributed by atoms with Gasteiger partial charge < -0.3 is 28.5 Å². The Morgan fingerprint density at radius 1 is 0.706 bits per heavy atom. The van der Waals surface area contributed by atoms with E-state index in [0.29, 0.717) is 61.4 Å². The van der Waals surface area contributed by atoms with Crippen LogP contribution in [0.25, 0.3) is 27.1 Å². The summed E-state index contributed by atoms with van der Waals surface area (Å²) in [4.78, 5) is 41.4. The predicted octanol–water partition coefficient (Wildman–Crippen LogP) is 5.66. The lowest BCUT2D eigenvalue weighted by atomic mass is 9.74. The molecule has 0 aliphatic carbocycles. The maximum Gasteiger partial charge on any atom is 0.370 e. The maximum absolute atomic E-state index is 13.0. The zero-order valence-corrected chi connectivity index (χ0v) is 50.1. The molecule has 1 saturated heterocycles. The molecule has 3 heterocycles. The van der Waals surface area contributed by atoms with E-state index < -0.39 is 112 Å². The van der Waals surface area contributed by atoms with Gasteiger partial charge in [-0.15, -0.1) is 5.06 Å². The van der Waals surface area contributed by atoms with E-state index in [1.807, 2.05) is 6.92 Å². The van der Waals surface area contributed by atoms with Gasteiger partial charge in [-0.05, 0) is 127 Å². The van der Waals surface area contributed by atoms with Crippen LogP contribution in [-0.2, 0) is 90.1 Å². The van der Waals surface area contributed by atoms with E-state index in [-0.39, 0.29) is 86.9 Å². The standard InChI is InChI=1S/C55H59N3O22S5/c1-54(23-27-77-3)47(56(25-5-29-81(62,63)64)44-17-10-37-9-15-39(83(68,69)70)31-42(37)52(44)54)19-11-36(35-7-13-38(14-8-35)79-34-51(61)80-58-49(59)21-22-50(58)60)12-20-48-55(2,24-28-78-4)53-43-32-40(84(71,72)73)33-46(85(74,75)76)41(43)16-18-45(53)57(48)26-6-30-82(65,66)67/h7-20,31-33H,5-6,21-30,34H2,1-4H3,(H4-,62,63,64,65,66,67,68,69,70,71,72,73,74,75,76). The van der Waals surface area contributed by atoms with Crippen LogP contribution in [0, 0.1) is 0 Å². The van der Waals surface area contributed by atoms with Crippen LogP contribution in [0.5, 0.6) is 5.75 Å². The van der Waals surface area contributed by atoms with Crippen molar-refractivity contribution >= 4 is 113 Å². The lowest BCUT2D eigenvalue weighted by molar-refractivity contribution is -0.437. The maximum atomic E-state index is 13.0. The van der Waals surface area contributed by atoms with Crippen molar-refractivity contribution in [2.45, 2.75) is 77.9 Å². The highest BCUT2D eigenvalue weighted by atomic mass is 32.2. The first kappa shape index (κ1) is 64.2. The van der Waals surface area contributed by atoms with Crippen molar-refractivity contribution in [3.63, 3.8) is 0 Å². The number of carbonyl (C=O) groups excluding carboxylic acids is 3. The van der Waals surface area contributed by atoms with Crippen molar-refractivity contribution in [1.82, 2.24) is 5.06 Å². The minimum absolute atomic E-state index is 0.00503. The van der Waals surface area contributed by atoms with Gasteiger partial charge in [-0.2, -0.15) is 38.2 Å². The number of nitrogens with zero attached hydrogens (tertiary/aromatic N) is 3. The molecular formula is C55H59N3O22S5. The Morgan fingerprint density at radius 3 is 1.92 bits per heavy atom. The molecule has 4 N–H and O–H groups in total. The summed E-state index contributed by atoms with van der Waals surface area (Å²) < 4.78 is 197. The average molecular weight is 1270 g/mol. The van der Waals surface area contributed by atoms with Gasteiger partial charge in [-0.3, -0.25) is 27.8 Å². The number of hydrogen-bond acceptors (Lipinski definition) is 19. The van der Waals surface area contributed by atoms with Crippen LogP contribution in [0.4, 0.5) is 11.4 Å². The second-order valence-corrected chi connectivity index (χ2v) is 28.0. The van der Waals surface area contributed by atoms with Crippen LogP contribution in [0.15, 0.2) is 124 Å². The predicted molar refractivity (Wildman–Crippen MR) is 307 cm³/mol. The van der Waals surface area contributed by atoms with Crippen molar-refractivity contribution in [1.29, 1.82) is 0 Å². The Labute approximate surface area is 490 Å². The first-order chi connectivity index (χ1) is 39.7. The Bertz CT molecular complexity index is 4260. The van der Waals surface area contributed by atoms with E-state index >= 15 is 0 Å². The third-order valence-electron chi connectivity index (χ3n) is 15.0. The zero-order valence-electron chi connectivity index (χ0n) is 46.0. The number of methoxy groups -OCH3 is 2. The molecule has 0 saturated carbocycles. The monoisotopic (exact) mass is 1270 g/mol. The number of carbonyl (C=O) groups is 3. The van der Waals surface area contributed by atoms with Crippen LogP contribution >= 0.6 is 0 Å². The van der Waals surface area contributed by atoms with Crippen LogP contribution in [0.2, 0.25) is 0 Å². The van der Waals surface area contributed by atoms with Gasteiger partial charge >= 0.3 is 5.97 Å². The number of rotatable bonds is 25. The van der Waals surface area contributed by atoms with E-state index in [4.69, 9.17) is 19.0 Å². The van der Waals surface area contributed by atoms with E-state index in [1.54, 1.807) is 65.0 Å². The summed E-state index contributed by atoms with van der Waals surface area (Å²) in [6.45, 7) is 2.82. The number of ether oxygens (including phenoxy) is 3. The second kappa shape index (κ2) is 24.5. The van der Waals surface area contributed by atoms with Crippen LogP contribution in [-0.4, -0.2) is 157 Å². The molecule has 2 unspecified atom stereocenters. The van der Waals surface area contributed by atoms with Crippen molar-refractivity contribution in [2.75, 3.05) is 63.5 Å². The summed E-state index contributed by atoms with van der Waals surface area (Å²) in [6.07, 6.45) is 6.44. The van der Waals surface area contributed by atoms with Gasteiger partial charge in [-0.25, -0.2) is 13.2 Å². The van der Waals surface area contributed by atoms with Crippen molar-refractivity contribution in [3.8, 4) is 5.75 Å². The van der Waals surface area contributed by atoms with Gasteiger partial charge in [-0.1, -0.05) is 30.3 Å². The minimum atomic E-state index is -5.18. The topological polar surface area (TPSA) is 372 Å². The van der Waals surface area contributed by atoms with Crippen molar-refractivity contribution in [2.24, 2.45) is 0 Å². The molecule has 2 amide bonds. The highest BCUT2D eigenvalue weighted by Gasteiger charge is 2.50. The molecule has 456 valence electrons. The zero-order chi connectivity index (χ0) is 62.2. The summed E-state index contributed by atoms with van der Waals surface area (Å²) in [5.41, 5.74) is 0.869. The van der Waals surface area contributed by atoms with E-state index in [0.717, 1.165) is 6.07 Å². The van der Waals surface area contributed by atoms with E-state index in [1.165, 1.54) is 56.7 Å². The fraction of sp³-hybridized carbons (Fsp3) is 0.345. The molecular weight excluding hydrogens is 1210 g/mol. The number of anilines is 1. The molecule has 85 heavy (non-hydrogen) atoms. The Hall–Kier alpha value is -6.81. The number of allylic oxidation sites excluding steroid dienone is 6. The summed E-state index contributed by atoms with van der Waals surface area (Å²) >= 11 is 0. The molecule has 1 fully saturated rings. The number of imide groups is 1. The summed E-state index contributed by atoms with van der Waals surface area (Å²) in [6, 6.07) is 18.0. The molecule has 0 spiro atoms. The number of hydroxylamine groups is 2. The molecule has 8 rings (SSSR count). The van der Waals surface area contributed by atoms with Gasteiger partial charge in [0.15, 0.2) is 12.3 Å². The first-order valence-electron chi connectivity index (χ1n) is 26.0. The molecule has 2 atom stereocenters. The fourth-order valence-electron chi connectivity index (χ4n) is 11.1. The van der Waals surface area contributed by atoms with Crippen LogP contribution < -0.4 is 9.64 Å². The SMILES string of the molecule is COCCC1(C)C(/C=C/C(=C/C=C2/N(CCCS(=O)(=O)O)c3ccc4ccc(S(=O)(=O)[O-])cc4c3C2(C)CCOC)c2ccc(OCC(=O)ON3C(=O)CCC3=O)cc2)=[N+](CCCS(=O)(=O)O)c2ccc3c(S(=O)(=O)O)cc(S(=O)(=O)O)cc3c21. The number of benzene rings is 5. The van der Waals surface area contributed by atoms with Crippen LogP contribution in [0.3, 0.4) is 0 Å². The second-order valence-electron chi connectivity index (χ2n) is 20.7. The third kappa shape index (κ3) is 14.1. The summed E-state index contributed by atoms with van der Waals surface area (Å²) in [7, 11) is -21.4. The smallest absolute Gasteiger partial charge is 0.370 e. The molecule has 5 aromatic carbocycles. The number of fused-ring (bicyclic) bond motifs is 6. The van der Waals surface area contributed by atoms with Crippen LogP contribution in [0.1, 0.15) is 69.1 Å². The Kier molecular flexibility index (Phi) is 18.5. The third-order valence-corrected chi connectivity index (χ3v) is 19.2. The molecule has 25 nitrogen and oxygen atoms in total. The Morgan fingerprint density at radius 2 is 1.32 bits per heavy atom. The molecule has 3 aliphatic heterocycles. The highest BCUT2D eigenvalue weighted by Crippen LogP contribution is 2.54. The molecule has 5 aromatic rings. The first-order valence-corrected chi connectivity index (χ1v) is 33.5. The van der Waals surface area contributed by atoms with Gasteiger partial charge in [0.2, 0.25) is 5.69 Å². The number of hydrogen-bond donors (Lipinski definition) is 4. The van der Waals surface area contributed by atoms with Gasteiger partial charge in [0.05, 0.1) is 26.7 Å². The lowest BCUT2D eigenvalue weighted by Gasteiger charge is -2.30. The highest BCUT2D eigenvalue weighted by molar-refractivity contribution is 7.87. The molecule has 3 aliphatic rings. The molecule has 30 heteroatoms. The quantitative estimate of drug-likeness (QED) is 0.0237. The van der Waals surface area contributed by atoms with E-state index in [2.05, 4.69) is 0 Å². The molecule has 0 aromatic heterocycles. The normalized spacial score (nSPS) is 19.3. The summed E-state index contributed by atoms with van der Waals surface area (Å²) in [5, 5.41) is 1.13. The lowest BCUT2D eigenvalue weighted by Crippen LogP contribution is -2.33. The average Bonchev–Trinajstić information content (AvgIpc) is 1.67. The molecule has 0 radical (unpaired) electrons. The van der Waals surface area contributed by atoms with Gasteiger partial charge in [0.25, 0.3) is 52.3 Å². The van der Waals surface area contributed by atoms with Gasteiger partial charge in [0, 0.05) is 93.1 Å². The minimum Gasteiger partial charge on any atom is -0.744 e. The van der Waals surface area contributed by atoms with Crippen molar-refractivity contribution < 1.29 is 103 Å².